The Labute approximate surface area is 70.3 Å². The van der Waals surface area contributed by atoms with Gasteiger partial charge in [-0.3, -0.25) is 9.97 Å². The molecule has 3 heteroatoms. The standard InChI is InChI=1S/C9H9N3/c10-6-7-2-1-3-8-9(7)12-5-4-11-8/h1-5H,6,10H2. The molecule has 0 saturated carbocycles. The largest absolute Gasteiger partial charge is 0.326 e. The smallest absolute Gasteiger partial charge is 0.0931 e. The van der Waals surface area contributed by atoms with Crippen LogP contribution in [0.5, 0.6) is 0 Å². The molecule has 1 heterocycles. The van der Waals surface area contributed by atoms with Gasteiger partial charge in [0.25, 0.3) is 0 Å². The molecule has 60 valence electrons. The molecular weight excluding hydrogens is 150 g/mol. The van der Waals surface area contributed by atoms with Crippen LogP contribution in [-0.4, -0.2) is 9.97 Å². The monoisotopic (exact) mass is 159 g/mol. The van der Waals surface area contributed by atoms with Gasteiger partial charge in [0.15, 0.2) is 0 Å². The van der Waals surface area contributed by atoms with Crippen molar-refractivity contribution in [2.24, 2.45) is 5.73 Å². The molecule has 0 fully saturated rings. The lowest BCUT2D eigenvalue weighted by molar-refractivity contribution is 1.07. The summed E-state index contributed by atoms with van der Waals surface area (Å²) in [6.45, 7) is 0.510. The maximum absolute atomic E-state index is 5.55. The van der Waals surface area contributed by atoms with Crippen molar-refractivity contribution in [2.45, 2.75) is 6.54 Å². The van der Waals surface area contributed by atoms with Crippen LogP contribution < -0.4 is 5.73 Å². The van der Waals surface area contributed by atoms with Crippen LogP contribution in [0.4, 0.5) is 0 Å². The zero-order valence-corrected chi connectivity index (χ0v) is 6.57. The summed E-state index contributed by atoms with van der Waals surface area (Å²) >= 11 is 0. The minimum absolute atomic E-state index is 0.510. The number of nitrogens with zero attached hydrogens (tertiary/aromatic N) is 2. The van der Waals surface area contributed by atoms with Gasteiger partial charge >= 0.3 is 0 Å². The van der Waals surface area contributed by atoms with Gasteiger partial charge in [-0.1, -0.05) is 12.1 Å². The van der Waals surface area contributed by atoms with Crippen molar-refractivity contribution in [2.75, 3.05) is 0 Å². The molecule has 2 N–H and O–H groups in total. The molecule has 0 unspecified atom stereocenters. The number of para-hydroxylation sites is 1. The molecule has 2 rings (SSSR count). The first kappa shape index (κ1) is 7.18. The van der Waals surface area contributed by atoms with Gasteiger partial charge in [0.1, 0.15) is 0 Å². The molecule has 0 aliphatic carbocycles. The highest BCUT2D eigenvalue weighted by molar-refractivity contribution is 5.77. The Kier molecular flexibility index (Phi) is 1.72. The molecule has 0 atom stereocenters. The van der Waals surface area contributed by atoms with E-state index in [-0.39, 0.29) is 0 Å². The van der Waals surface area contributed by atoms with E-state index in [0.29, 0.717) is 6.54 Å². The van der Waals surface area contributed by atoms with Crippen molar-refractivity contribution in [1.82, 2.24) is 9.97 Å². The third-order valence-electron chi connectivity index (χ3n) is 1.80. The number of benzene rings is 1. The number of rotatable bonds is 1. The number of aromatic nitrogens is 2. The second-order valence-corrected chi connectivity index (χ2v) is 2.55. The lowest BCUT2D eigenvalue weighted by Crippen LogP contribution is -1.98. The van der Waals surface area contributed by atoms with Crippen molar-refractivity contribution >= 4 is 11.0 Å². The Morgan fingerprint density at radius 3 is 2.83 bits per heavy atom. The molecule has 0 aliphatic rings. The highest BCUT2D eigenvalue weighted by Gasteiger charge is 1.98. The summed E-state index contributed by atoms with van der Waals surface area (Å²) in [6.07, 6.45) is 3.37. The molecule has 0 spiro atoms. The second kappa shape index (κ2) is 2.87. The number of fused-ring (bicyclic) bond motifs is 1. The predicted molar refractivity (Wildman–Crippen MR) is 47.4 cm³/mol. The molecule has 1 aromatic heterocycles. The first-order chi connectivity index (χ1) is 5.92. The average molecular weight is 159 g/mol. The molecule has 3 nitrogen and oxygen atoms in total. The minimum Gasteiger partial charge on any atom is -0.326 e. The van der Waals surface area contributed by atoms with Gasteiger partial charge in [0.2, 0.25) is 0 Å². The molecular formula is C9H9N3. The number of nitrogens with two attached hydrogens (primary N) is 1. The van der Waals surface area contributed by atoms with E-state index < -0.39 is 0 Å². The van der Waals surface area contributed by atoms with Crippen LogP contribution in [0.3, 0.4) is 0 Å². The zero-order chi connectivity index (χ0) is 8.39. The third kappa shape index (κ3) is 1.04. The van der Waals surface area contributed by atoms with Crippen LogP contribution in [0.25, 0.3) is 11.0 Å². The Morgan fingerprint density at radius 2 is 2.00 bits per heavy atom. The van der Waals surface area contributed by atoms with Gasteiger partial charge in [-0.15, -0.1) is 0 Å². The Bertz CT molecular complexity index is 392. The summed E-state index contributed by atoms with van der Waals surface area (Å²) in [6, 6.07) is 5.84. The van der Waals surface area contributed by atoms with Gasteiger partial charge in [0, 0.05) is 18.9 Å². The zero-order valence-electron chi connectivity index (χ0n) is 6.57. The van der Waals surface area contributed by atoms with Crippen molar-refractivity contribution < 1.29 is 0 Å². The molecule has 12 heavy (non-hydrogen) atoms. The maximum atomic E-state index is 5.55. The van der Waals surface area contributed by atoms with Gasteiger partial charge in [-0.2, -0.15) is 0 Å². The van der Waals surface area contributed by atoms with Crippen LogP contribution >= 0.6 is 0 Å². The minimum atomic E-state index is 0.510. The summed E-state index contributed by atoms with van der Waals surface area (Å²) in [5, 5.41) is 0. The molecule has 0 saturated heterocycles. The van der Waals surface area contributed by atoms with E-state index >= 15 is 0 Å². The van der Waals surface area contributed by atoms with Crippen LogP contribution in [0.2, 0.25) is 0 Å². The molecule has 2 aromatic rings. The van der Waals surface area contributed by atoms with Crippen molar-refractivity contribution in [3.63, 3.8) is 0 Å². The van der Waals surface area contributed by atoms with Crippen LogP contribution in [0, 0.1) is 0 Å². The fraction of sp³-hybridized carbons (Fsp3) is 0.111. The summed E-state index contributed by atoms with van der Waals surface area (Å²) in [4.78, 5) is 8.38. The Balaban J connectivity index is 2.79. The van der Waals surface area contributed by atoms with Crippen molar-refractivity contribution in [3.05, 3.63) is 36.2 Å². The molecule has 0 radical (unpaired) electrons. The van der Waals surface area contributed by atoms with E-state index in [0.717, 1.165) is 16.6 Å². The van der Waals surface area contributed by atoms with Gasteiger partial charge in [0.05, 0.1) is 11.0 Å². The van der Waals surface area contributed by atoms with E-state index in [1.165, 1.54) is 0 Å². The summed E-state index contributed by atoms with van der Waals surface area (Å²) in [5.74, 6) is 0. The normalized spacial score (nSPS) is 10.4. The first-order valence-electron chi connectivity index (χ1n) is 3.80. The Hall–Kier alpha value is -1.48. The highest BCUT2D eigenvalue weighted by atomic mass is 14.8. The fourth-order valence-electron chi connectivity index (χ4n) is 1.22. The van der Waals surface area contributed by atoms with Crippen molar-refractivity contribution in [3.8, 4) is 0 Å². The molecule has 0 aliphatic heterocycles. The summed E-state index contributed by atoms with van der Waals surface area (Å²) in [7, 11) is 0. The fourth-order valence-corrected chi connectivity index (χ4v) is 1.22. The van der Waals surface area contributed by atoms with Crippen LogP contribution in [0.15, 0.2) is 30.6 Å². The summed E-state index contributed by atoms with van der Waals surface area (Å²) in [5.41, 5.74) is 8.40. The number of hydrogen-bond donors (Lipinski definition) is 1. The second-order valence-electron chi connectivity index (χ2n) is 2.55. The lowest BCUT2D eigenvalue weighted by atomic mass is 10.2. The van der Waals surface area contributed by atoms with E-state index in [4.69, 9.17) is 5.73 Å². The Morgan fingerprint density at radius 1 is 1.17 bits per heavy atom. The quantitative estimate of drug-likeness (QED) is 0.677. The number of hydrogen-bond acceptors (Lipinski definition) is 3. The third-order valence-corrected chi connectivity index (χ3v) is 1.80. The van der Waals surface area contributed by atoms with Crippen LogP contribution in [0.1, 0.15) is 5.56 Å². The predicted octanol–water partition coefficient (Wildman–Crippen LogP) is 1.09. The van der Waals surface area contributed by atoms with Crippen LogP contribution in [-0.2, 0) is 6.54 Å². The maximum Gasteiger partial charge on any atom is 0.0931 e. The van der Waals surface area contributed by atoms with E-state index in [9.17, 15) is 0 Å². The van der Waals surface area contributed by atoms with E-state index in [1.807, 2.05) is 18.2 Å². The summed E-state index contributed by atoms with van der Waals surface area (Å²) < 4.78 is 0. The first-order valence-corrected chi connectivity index (χ1v) is 3.80. The topological polar surface area (TPSA) is 51.8 Å². The van der Waals surface area contributed by atoms with E-state index in [2.05, 4.69) is 9.97 Å². The van der Waals surface area contributed by atoms with Gasteiger partial charge in [-0.05, 0) is 11.6 Å². The molecule has 0 amide bonds. The average Bonchev–Trinajstić information content (AvgIpc) is 2.17. The van der Waals surface area contributed by atoms with E-state index in [1.54, 1.807) is 12.4 Å². The highest BCUT2D eigenvalue weighted by Crippen LogP contribution is 2.12. The lowest BCUT2D eigenvalue weighted by Gasteiger charge is -2.00. The SMILES string of the molecule is NCc1cccc2nccnc12. The van der Waals surface area contributed by atoms with Gasteiger partial charge < -0.3 is 5.73 Å². The molecule has 0 bridgehead atoms. The molecule has 1 aromatic carbocycles. The van der Waals surface area contributed by atoms with Crippen molar-refractivity contribution in [1.29, 1.82) is 0 Å². The van der Waals surface area contributed by atoms with Gasteiger partial charge in [-0.25, -0.2) is 0 Å².